The van der Waals surface area contributed by atoms with Crippen LogP contribution < -0.4 is 4.90 Å². The molecule has 4 heteroatoms. The Labute approximate surface area is 130 Å². The van der Waals surface area contributed by atoms with Crippen LogP contribution in [0.3, 0.4) is 0 Å². The lowest BCUT2D eigenvalue weighted by Gasteiger charge is -2.23. The molecule has 0 fully saturated rings. The fourth-order valence-electron chi connectivity index (χ4n) is 2.46. The molecule has 2 rings (SSSR count). The van der Waals surface area contributed by atoms with E-state index < -0.39 is 0 Å². The van der Waals surface area contributed by atoms with Gasteiger partial charge in [0, 0.05) is 30.4 Å². The first-order valence-electron chi connectivity index (χ1n) is 7.42. The number of anilines is 1. The molecule has 2 aromatic carbocycles. The molecule has 114 valence electrons. The van der Waals surface area contributed by atoms with Gasteiger partial charge in [0.15, 0.2) is 0 Å². The lowest BCUT2D eigenvalue weighted by molar-refractivity contribution is -0.374. The molecule has 0 unspecified atom stereocenters. The van der Waals surface area contributed by atoms with Crippen molar-refractivity contribution in [1.82, 2.24) is 0 Å². The maximum atomic E-state index is 11.4. The number of nitro groups is 1. The molecular weight excluding hydrogens is 276 g/mol. The monoisotopic (exact) mass is 296 g/mol. The van der Waals surface area contributed by atoms with Gasteiger partial charge in [-0.3, -0.25) is 10.1 Å². The number of para-hydroxylation sites is 1. The molecule has 22 heavy (non-hydrogen) atoms. The standard InChI is InChI=1S/C18H20N2O2/c1-3-19(4-2)17-13-9-8-12-16(17)14-18(20(21)22)15-10-6-5-7-11-15/h5-14H,3-4H2,1-2H3. The van der Waals surface area contributed by atoms with Gasteiger partial charge in [0.1, 0.15) is 0 Å². The van der Waals surface area contributed by atoms with Gasteiger partial charge in [-0.25, -0.2) is 0 Å². The smallest absolute Gasteiger partial charge is 0.277 e. The van der Waals surface area contributed by atoms with Crippen molar-refractivity contribution in [1.29, 1.82) is 0 Å². The van der Waals surface area contributed by atoms with Gasteiger partial charge in [0.2, 0.25) is 0 Å². The van der Waals surface area contributed by atoms with Crippen LogP contribution in [0.2, 0.25) is 0 Å². The summed E-state index contributed by atoms with van der Waals surface area (Å²) in [4.78, 5) is 13.3. The van der Waals surface area contributed by atoms with Crippen molar-refractivity contribution in [3.8, 4) is 0 Å². The highest BCUT2D eigenvalue weighted by atomic mass is 16.6. The quantitative estimate of drug-likeness (QED) is 0.453. The summed E-state index contributed by atoms with van der Waals surface area (Å²) in [6, 6.07) is 16.8. The summed E-state index contributed by atoms with van der Waals surface area (Å²) in [7, 11) is 0. The number of nitrogens with zero attached hydrogens (tertiary/aromatic N) is 2. The van der Waals surface area contributed by atoms with E-state index in [1.807, 2.05) is 42.5 Å². The van der Waals surface area contributed by atoms with Crippen molar-refractivity contribution in [2.45, 2.75) is 13.8 Å². The SMILES string of the molecule is CCN(CC)c1ccccc1C=C(c1ccccc1)[N+](=O)[O-]. The second-order valence-corrected chi connectivity index (χ2v) is 4.88. The summed E-state index contributed by atoms with van der Waals surface area (Å²) in [5.74, 6) is 0. The molecule has 0 bridgehead atoms. The Morgan fingerprint density at radius 1 is 1.05 bits per heavy atom. The summed E-state index contributed by atoms with van der Waals surface area (Å²) in [6.45, 7) is 5.88. The highest BCUT2D eigenvalue weighted by Crippen LogP contribution is 2.26. The average molecular weight is 296 g/mol. The third kappa shape index (κ3) is 3.52. The minimum atomic E-state index is -0.325. The van der Waals surface area contributed by atoms with Gasteiger partial charge < -0.3 is 4.90 Å². The molecule has 0 radical (unpaired) electrons. The summed E-state index contributed by atoms with van der Waals surface area (Å²) in [5, 5.41) is 11.4. The molecule has 0 saturated heterocycles. The van der Waals surface area contributed by atoms with Crippen molar-refractivity contribution in [2.24, 2.45) is 0 Å². The maximum Gasteiger partial charge on any atom is 0.277 e. The lowest BCUT2D eigenvalue weighted by atomic mass is 10.1. The molecule has 0 atom stereocenters. The van der Waals surface area contributed by atoms with Crippen LogP contribution in [0.15, 0.2) is 54.6 Å². The molecular formula is C18H20N2O2. The van der Waals surface area contributed by atoms with Gasteiger partial charge >= 0.3 is 0 Å². The van der Waals surface area contributed by atoms with Gasteiger partial charge in [-0.2, -0.15) is 0 Å². The number of benzene rings is 2. The van der Waals surface area contributed by atoms with Crippen LogP contribution in [0.25, 0.3) is 11.8 Å². The number of hydrogen-bond donors (Lipinski definition) is 0. The van der Waals surface area contributed by atoms with Crippen LogP contribution >= 0.6 is 0 Å². The molecule has 0 spiro atoms. The van der Waals surface area contributed by atoms with Crippen molar-refractivity contribution < 1.29 is 4.92 Å². The van der Waals surface area contributed by atoms with E-state index >= 15 is 0 Å². The van der Waals surface area contributed by atoms with Crippen LogP contribution in [0.5, 0.6) is 0 Å². The Morgan fingerprint density at radius 3 is 2.23 bits per heavy atom. The van der Waals surface area contributed by atoms with Crippen LogP contribution in [0.1, 0.15) is 25.0 Å². The summed E-state index contributed by atoms with van der Waals surface area (Å²) in [5.41, 5.74) is 2.60. The minimum absolute atomic E-state index is 0.111. The van der Waals surface area contributed by atoms with Crippen LogP contribution in [-0.2, 0) is 0 Å². The highest BCUT2D eigenvalue weighted by molar-refractivity contribution is 5.81. The topological polar surface area (TPSA) is 46.4 Å². The van der Waals surface area contributed by atoms with Gasteiger partial charge in [-0.15, -0.1) is 0 Å². The fourth-order valence-corrected chi connectivity index (χ4v) is 2.46. The van der Waals surface area contributed by atoms with E-state index in [0.29, 0.717) is 5.56 Å². The Hall–Kier alpha value is -2.62. The molecule has 0 saturated carbocycles. The normalized spacial score (nSPS) is 11.3. The summed E-state index contributed by atoms with van der Waals surface area (Å²) < 4.78 is 0. The van der Waals surface area contributed by atoms with E-state index in [1.54, 1.807) is 18.2 Å². The fraction of sp³-hybridized carbons (Fsp3) is 0.222. The molecule has 0 heterocycles. The van der Waals surface area contributed by atoms with E-state index in [-0.39, 0.29) is 10.6 Å². The van der Waals surface area contributed by atoms with Crippen molar-refractivity contribution >= 4 is 17.5 Å². The maximum absolute atomic E-state index is 11.4. The van der Waals surface area contributed by atoms with Crippen LogP contribution in [-0.4, -0.2) is 18.0 Å². The summed E-state index contributed by atoms with van der Waals surface area (Å²) in [6.07, 6.45) is 1.66. The molecule has 0 aliphatic rings. The van der Waals surface area contributed by atoms with Gasteiger partial charge in [0.05, 0.1) is 10.5 Å². The van der Waals surface area contributed by atoms with E-state index in [4.69, 9.17) is 0 Å². The highest BCUT2D eigenvalue weighted by Gasteiger charge is 2.15. The van der Waals surface area contributed by atoms with Crippen molar-refractivity contribution in [3.63, 3.8) is 0 Å². The van der Waals surface area contributed by atoms with Gasteiger partial charge in [0.25, 0.3) is 5.70 Å². The first-order chi connectivity index (χ1) is 10.7. The average Bonchev–Trinajstić information content (AvgIpc) is 2.55. The molecule has 2 aromatic rings. The molecule has 0 amide bonds. The summed E-state index contributed by atoms with van der Waals surface area (Å²) >= 11 is 0. The first-order valence-corrected chi connectivity index (χ1v) is 7.42. The third-order valence-electron chi connectivity index (χ3n) is 3.60. The predicted molar refractivity (Wildman–Crippen MR) is 91.3 cm³/mol. The lowest BCUT2D eigenvalue weighted by Crippen LogP contribution is -2.22. The Morgan fingerprint density at radius 2 is 1.64 bits per heavy atom. The largest absolute Gasteiger partial charge is 0.372 e. The zero-order valence-electron chi connectivity index (χ0n) is 12.9. The number of rotatable bonds is 6. The molecule has 0 N–H and O–H groups in total. The Balaban J connectivity index is 2.52. The van der Waals surface area contributed by atoms with E-state index in [2.05, 4.69) is 18.7 Å². The predicted octanol–water partition coefficient (Wildman–Crippen LogP) is 4.31. The first kappa shape index (κ1) is 15.8. The zero-order valence-corrected chi connectivity index (χ0v) is 12.9. The van der Waals surface area contributed by atoms with E-state index in [9.17, 15) is 10.1 Å². The second-order valence-electron chi connectivity index (χ2n) is 4.88. The molecule has 0 aliphatic heterocycles. The molecule has 0 aromatic heterocycles. The Bertz CT molecular complexity index is 662. The van der Waals surface area contributed by atoms with E-state index in [1.165, 1.54) is 0 Å². The Kier molecular flexibility index (Phi) is 5.31. The minimum Gasteiger partial charge on any atom is -0.372 e. The van der Waals surface area contributed by atoms with Crippen molar-refractivity contribution in [2.75, 3.05) is 18.0 Å². The zero-order chi connectivity index (χ0) is 15.9. The third-order valence-corrected chi connectivity index (χ3v) is 3.60. The van der Waals surface area contributed by atoms with Gasteiger partial charge in [-0.05, 0) is 32.0 Å². The molecule has 0 aliphatic carbocycles. The van der Waals surface area contributed by atoms with Crippen LogP contribution in [0.4, 0.5) is 5.69 Å². The van der Waals surface area contributed by atoms with Crippen LogP contribution in [0, 0.1) is 10.1 Å². The number of hydrogen-bond acceptors (Lipinski definition) is 3. The molecule has 4 nitrogen and oxygen atoms in total. The van der Waals surface area contributed by atoms with E-state index in [0.717, 1.165) is 24.3 Å². The second kappa shape index (κ2) is 7.41. The van der Waals surface area contributed by atoms with Crippen molar-refractivity contribution in [3.05, 3.63) is 75.8 Å². The van der Waals surface area contributed by atoms with Gasteiger partial charge in [-0.1, -0.05) is 36.4 Å².